The van der Waals surface area contributed by atoms with Crippen LogP contribution in [0.1, 0.15) is 30.6 Å². The van der Waals surface area contributed by atoms with Crippen molar-refractivity contribution in [2.45, 2.75) is 26.3 Å². The highest BCUT2D eigenvalue weighted by Crippen LogP contribution is 2.20. The summed E-state index contributed by atoms with van der Waals surface area (Å²) in [6, 6.07) is 7.44. The molecule has 1 aromatic carbocycles. The van der Waals surface area contributed by atoms with Crippen LogP contribution in [-0.2, 0) is 9.59 Å². The third-order valence-corrected chi connectivity index (χ3v) is 4.92. The summed E-state index contributed by atoms with van der Waals surface area (Å²) in [6.07, 6.45) is 0.262. The summed E-state index contributed by atoms with van der Waals surface area (Å²) in [5, 5.41) is 5.58. The minimum Gasteiger partial charge on any atom is -0.354 e. The molecule has 7 heteroatoms. The van der Waals surface area contributed by atoms with Gasteiger partial charge in [-0.1, -0.05) is 12.1 Å². The molecule has 130 valence electrons. The van der Waals surface area contributed by atoms with Crippen LogP contribution >= 0.6 is 22.6 Å². The van der Waals surface area contributed by atoms with Gasteiger partial charge in [0.25, 0.3) is 5.91 Å². The van der Waals surface area contributed by atoms with Crippen LogP contribution < -0.4 is 10.6 Å². The lowest BCUT2D eigenvalue weighted by Crippen LogP contribution is -2.39. The van der Waals surface area contributed by atoms with Crippen LogP contribution in [-0.4, -0.2) is 48.3 Å². The van der Waals surface area contributed by atoms with E-state index < -0.39 is 0 Å². The van der Waals surface area contributed by atoms with Gasteiger partial charge >= 0.3 is 0 Å². The molecule has 1 saturated heterocycles. The van der Waals surface area contributed by atoms with Crippen LogP contribution in [0.25, 0.3) is 0 Å². The second-order valence-corrected chi connectivity index (χ2v) is 7.23. The first-order valence-electron chi connectivity index (χ1n) is 8.00. The number of nitrogens with zero attached hydrogens (tertiary/aromatic N) is 1. The van der Waals surface area contributed by atoms with E-state index >= 15 is 0 Å². The molecule has 1 heterocycles. The van der Waals surface area contributed by atoms with Crippen molar-refractivity contribution < 1.29 is 14.4 Å². The first kappa shape index (κ1) is 18.7. The molecule has 1 aliphatic rings. The predicted octanol–water partition coefficient (Wildman–Crippen LogP) is 1.39. The Hall–Kier alpha value is -1.64. The molecule has 6 nitrogen and oxygen atoms in total. The molecule has 0 aliphatic carbocycles. The third-order valence-electron chi connectivity index (χ3n) is 3.98. The van der Waals surface area contributed by atoms with E-state index in [9.17, 15) is 14.4 Å². The van der Waals surface area contributed by atoms with Crippen molar-refractivity contribution in [2.24, 2.45) is 5.92 Å². The van der Waals surface area contributed by atoms with Gasteiger partial charge in [0.05, 0.1) is 11.5 Å². The number of rotatable bonds is 6. The van der Waals surface area contributed by atoms with Crippen LogP contribution in [0.4, 0.5) is 0 Å². The van der Waals surface area contributed by atoms with Gasteiger partial charge in [-0.25, -0.2) is 0 Å². The van der Waals surface area contributed by atoms with Gasteiger partial charge in [0.1, 0.15) is 0 Å². The van der Waals surface area contributed by atoms with Gasteiger partial charge in [0, 0.05) is 35.7 Å². The molecule has 2 rings (SSSR count). The molecule has 0 radical (unpaired) electrons. The lowest BCUT2D eigenvalue weighted by molar-refractivity contribution is -0.129. The molecular weight excluding hydrogens is 421 g/mol. The van der Waals surface area contributed by atoms with Crippen LogP contribution in [0.3, 0.4) is 0 Å². The zero-order valence-corrected chi connectivity index (χ0v) is 16.0. The summed E-state index contributed by atoms with van der Waals surface area (Å²) < 4.78 is 0.884. The Balaban J connectivity index is 1.73. The fourth-order valence-electron chi connectivity index (χ4n) is 2.65. The van der Waals surface area contributed by atoms with Crippen molar-refractivity contribution >= 4 is 40.3 Å². The molecule has 0 bridgehead atoms. The molecule has 0 aromatic heterocycles. The Morgan fingerprint density at radius 2 is 1.92 bits per heavy atom. The Morgan fingerprint density at radius 3 is 2.54 bits per heavy atom. The SMILES string of the molecule is CC(C)N1CC(C(=O)NCCNC(=O)c2ccccc2I)CC1=O. The van der Waals surface area contributed by atoms with E-state index in [-0.39, 0.29) is 36.1 Å². The number of nitrogens with one attached hydrogen (secondary N) is 2. The highest BCUT2D eigenvalue weighted by Gasteiger charge is 2.35. The smallest absolute Gasteiger partial charge is 0.252 e. The zero-order valence-electron chi connectivity index (χ0n) is 13.8. The van der Waals surface area contributed by atoms with E-state index in [4.69, 9.17) is 0 Å². The summed E-state index contributed by atoms with van der Waals surface area (Å²) in [7, 11) is 0. The van der Waals surface area contributed by atoms with E-state index in [2.05, 4.69) is 33.2 Å². The van der Waals surface area contributed by atoms with Crippen molar-refractivity contribution in [1.82, 2.24) is 15.5 Å². The number of hydrogen-bond donors (Lipinski definition) is 2. The molecule has 1 aliphatic heterocycles. The monoisotopic (exact) mass is 443 g/mol. The minimum absolute atomic E-state index is 0.0251. The van der Waals surface area contributed by atoms with Crippen molar-refractivity contribution in [1.29, 1.82) is 0 Å². The topological polar surface area (TPSA) is 78.5 Å². The summed E-state index contributed by atoms with van der Waals surface area (Å²) >= 11 is 2.11. The number of hydrogen-bond acceptors (Lipinski definition) is 3. The lowest BCUT2D eigenvalue weighted by Gasteiger charge is -2.20. The Labute approximate surface area is 155 Å². The van der Waals surface area contributed by atoms with E-state index in [1.807, 2.05) is 32.0 Å². The quantitative estimate of drug-likeness (QED) is 0.516. The summed E-state index contributed by atoms with van der Waals surface area (Å²) in [5.41, 5.74) is 0.624. The molecular formula is C17H22IN3O3. The summed E-state index contributed by atoms with van der Waals surface area (Å²) in [4.78, 5) is 37.7. The van der Waals surface area contributed by atoms with E-state index in [0.29, 0.717) is 25.2 Å². The molecule has 1 unspecified atom stereocenters. The highest BCUT2D eigenvalue weighted by molar-refractivity contribution is 14.1. The van der Waals surface area contributed by atoms with Gasteiger partial charge in [-0.2, -0.15) is 0 Å². The van der Waals surface area contributed by atoms with Crippen molar-refractivity contribution in [3.05, 3.63) is 33.4 Å². The standard InChI is InChI=1S/C17H22IN3O3/c1-11(2)21-10-12(9-15(21)22)16(23)19-7-8-20-17(24)13-5-3-4-6-14(13)18/h3-6,11-12H,7-10H2,1-2H3,(H,19,23)(H,20,24). The Bertz CT molecular complexity index is 633. The van der Waals surface area contributed by atoms with E-state index in [1.165, 1.54) is 0 Å². The lowest BCUT2D eigenvalue weighted by atomic mass is 10.1. The molecule has 3 amide bonds. The number of benzene rings is 1. The predicted molar refractivity (Wildman–Crippen MR) is 99.5 cm³/mol. The number of carbonyl (C=O) groups is 3. The average molecular weight is 443 g/mol. The number of halogens is 1. The van der Waals surface area contributed by atoms with Gasteiger partial charge in [-0.15, -0.1) is 0 Å². The maximum atomic E-state index is 12.1. The van der Waals surface area contributed by atoms with Gasteiger partial charge in [-0.3, -0.25) is 14.4 Å². The zero-order chi connectivity index (χ0) is 17.7. The van der Waals surface area contributed by atoms with E-state index in [0.717, 1.165) is 3.57 Å². The second kappa shape index (κ2) is 8.46. The third kappa shape index (κ3) is 4.68. The number of carbonyl (C=O) groups excluding carboxylic acids is 3. The van der Waals surface area contributed by atoms with Crippen molar-refractivity contribution in [3.8, 4) is 0 Å². The van der Waals surface area contributed by atoms with Gasteiger partial charge in [0.15, 0.2) is 0 Å². The number of amides is 3. The second-order valence-electron chi connectivity index (χ2n) is 6.07. The summed E-state index contributed by atoms with van der Waals surface area (Å²) in [5.74, 6) is -0.561. The highest BCUT2D eigenvalue weighted by atomic mass is 127. The minimum atomic E-state index is -0.300. The molecule has 1 fully saturated rings. The Morgan fingerprint density at radius 1 is 1.25 bits per heavy atom. The van der Waals surface area contributed by atoms with Crippen molar-refractivity contribution in [2.75, 3.05) is 19.6 Å². The Kier molecular flexibility index (Phi) is 6.59. The normalized spacial score (nSPS) is 17.2. The largest absolute Gasteiger partial charge is 0.354 e. The van der Waals surface area contributed by atoms with E-state index in [1.54, 1.807) is 11.0 Å². The molecule has 0 saturated carbocycles. The molecule has 2 N–H and O–H groups in total. The van der Waals surface area contributed by atoms with Crippen LogP contribution in [0, 0.1) is 9.49 Å². The number of likely N-dealkylation sites (tertiary alicyclic amines) is 1. The first-order chi connectivity index (χ1) is 11.4. The maximum Gasteiger partial charge on any atom is 0.252 e. The molecule has 1 aromatic rings. The molecule has 24 heavy (non-hydrogen) atoms. The van der Waals surface area contributed by atoms with Gasteiger partial charge < -0.3 is 15.5 Å². The van der Waals surface area contributed by atoms with Gasteiger partial charge in [-0.05, 0) is 48.6 Å². The van der Waals surface area contributed by atoms with Crippen molar-refractivity contribution in [3.63, 3.8) is 0 Å². The maximum absolute atomic E-state index is 12.1. The molecule has 1 atom stereocenters. The fraction of sp³-hybridized carbons (Fsp3) is 0.471. The van der Waals surface area contributed by atoms with Crippen LogP contribution in [0.2, 0.25) is 0 Å². The van der Waals surface area contributed by atoms with Gasteiger partial charge in [0.2, 0.25) is 11.8 Å². The average Bonchev–Trinajstić information content (AvgIpc) is 2.94. The summed E-state index contributed by atoms with van der Waals surface area (Å²) in [6.45, 7) is 5.05. The molecule has 0 spiro atoms. The van der Waals surface area contributed by atoms with Crippen LogP contribution in [0.5, 0.6) is 0 Å². The fourth-order valence-corrected chi connectivity index (χ4v) is 3.29. The van der Waals surface area contributed by atoms with Crippen LogP contribution in [0.15, 0.2) is 24.3 Å². The first-order valence-corrected chi connectivity index (χ1v) is 9.08.